The Morgan fingerprint density at radius 1 is 1.55 bits per heavy atom. The van der Waals surface area contributed by atoms with Crippen molar-refractivity contribution in [3.63, 3.8) is 0 Å². The largest absolute Gasteiger partial charge is 0.242 e. The Balaban J connectivity index is 2.91. The van der Waals surface area contributed by atoms with Gasteiger partial charge in [-0.25, -0.2) is 9.97 Å². The van der Waals surface area contributed by atoms with E-state index in [0.717, 1.165) is 13.9 Å². The van der Waals surface area contributed by atoms with Crippen LogP contribution in [-0.2, 0) is 0 Å². The van der Waals surface area contributed by atoms with Gasteiger partial charge < -0.3 is 0 Å². The van der Waals surface area contributed by atoms with Crippen molar-refractivity contribution in [2.75, 3.05) is 0 Å². The summed E-state index contributed by atoms with van der Waals surface area (Å²) in [7, 11) is 0. The highest BCUT2D eigenvalue weighted by atomic mass is 127. The summed E-state index contributed by atoms with van der Waals surface area (Å²) in [6, 6.07) is 1.81. The van der Waals surface area contributed by atoms with Crippen molar-refractivity contribution in [3.8, 4) is 0 Å². The van der Waals surface area contributed by atoms with Crippen molar-refractivity contribution in [2.24, 2.45) is 0 Å². The van der Waals surface area contributed by atoms with Gasteiger partial charge in [0.15, 0.2) is 0 Å². The Bertz CT molecular complexity index is 400. The predicted octanol–water partition coefficient (Wildman–Crippen LogP) is 2.95. The Hall–Kier alpha value is 0.0600. The second-order valence-corrected chi connectivity index (χ2v) is 4.32. The van der Waals surface area contributed by atoms with E-state index >= 15 is 0 Å². The molecule has 0 spiro atoms. The number of rotatable bonds is 0. The van der Waals surface area contributed by atoms with Crippen LogP contribution in [-0.4, -0.2) is 9.97 Å². The van der Waals surface area contributed by atoms with Gasteiger partial charge in [0.25, 0.3) is 0 Å². The van der Waals surface area contributed by atoms with Crippen LogP contribution in [0.5, 0.6) is 0 Å². The summed E-state index contributed by atoms with van der Waals surface area (Å²) in [5.41, 5.74) is 2.72. The first-order chi connectivity index (χ1) is 5.27. The molecule has 0 atom stereocenters. The molecule has 0 saturated heterocycles. The first-order valence-corrected chi connectivity index (χ1v) is 5.16. The molecular formula is C6H2ClIN2S. The molecule has 5 heteroatoms. The van der Waals surface area contributed by atoms with E-state index in [2.05, 4.69) is 32.6 Å². The third-order valence-corrected chi connectivity index (χ3v) is 2.96. The molecule has 0 aliphatic carbocycles. The first-order valence-electron chi connectivity index (χ1n) is 2.82. The van der Waals surface area contributed by atoms with E-state index in [1.54, 1.807) is 5.51 Å². The van der Waals surface area contributed by atoms with Crippen LogP contribution in [0.3, 0.4) is 0 Å². The van der Waals surface area contributed by atoms with Crippen molar-refractivity contribution in [2.45, 2.75) is 0 Å². The maximum absolute atomic E-state index is 5.74. The second kappa shape index (κ2) is 2.84. The van der Waals surface area contributed by atoms with Crippen molar-refractivity contribution >= 4 is 55.9 Å². The lowest BCUT2D eigenvalue weighted by Crippen LogP contribution is -1.79. The van der Waals surface area contributed by atoms with Crippen LogP contribution in [0, 0.1) is 3.57 Å². The Morgan fingerprint density at radius 3 is 3.18 bits per heavy atom. The molecule has 0 N–H and O–H groups in total. The fourth-order valence-corrected chi connectivity index (χ4v) is 2.77. The van der Waals surface area contributed by atoms with Crippen molar-refractivity contribution in [1.82, 2.24) is 9.97 Å². The number of aromatic nitrogens is 2. The van der Waals surface area contributed by atoms with Gasteiger partial charge >= 0.3 is 0 Å². The molecule has 0 radical (unpaired) electrons. The lowest BCUT2D eigenvalue weighted by molar-refractivity contribution is 1.39. The van der Waals surface area contributed by atoms with Crippen LogP contribution >= 0.6 is 45.5 Å². The van der Waals surface area contributed by atoms with E-state index in [1.807, 2.05) is 6.07 Å². The minimum absolute atomic E-state index is 0.533. The highest BCUT2D eigenvalue weighted by Gasteiger charge is 2.03. The van der Waals surface area contributed by atoms with E-state index in [0.29, 0.717) is 5.15 Å². The van der Waals surface area contributed by atoms with Crippen LogP contribution in [0.25, 0.3) is 10.3 Å². The van der Waals surface area contributed by atoms with Gasteiger partial charge in [0, 0.05) is 3.57 Å². The molecule has 11 heavy (non-hydrogen) atoms. The monoisotopic (exact) mass is 296 g/mol. The molecule has 2 nitrogen and oxygen atoms in total. The van der Waals surface area contributed by atoms with Crippen molar-refractivity contribution in [3.05, 3.63) is 20.3 Å². The first kappa shape index (κ1) is 7.70. The van der Waals surface area contributed by atoms with E-state index < -0.39 is 0 Å². The molecule has 0 saturated carbocycles. The average molecular weight is 297 g/mol. The minimum Gasteiger partial charge on any atom is -0.242 e. The summed E-state index contributed by atoms with van der Waals surface area (Å²) in [6.45, 7) is 0. The topological polar surface area (TPSA) is 25.8 Å². The van der Waals surface area contributed by atoms with Crippen molar-refractivity contribution < 1.29 is 0 Å². The van der Waals surface area contributed by atoms with Crippen LogP contribution in [0.4, 0.5) is 0 Å². The molecule has 2 heterocycles. The number of thiazole rings is 1. The zero-order chi connectivity index (χ0) is 7.84. The highest BCUT2D eigenvalue weighted by molar-refractivity contribution is 14.1. The Labute approximate surface area is 85.8 Å². The van der Waals surface area contributed by atoms with Gasteiger partial charge in [-0.2, -0.15) is 0 Å². The van der Waals surface area contributed by atoms with Gasteiger partial charge in [0.05, 0.1) is 5.51 Å². The highest BCUT2D eigenvalue weighted by Crippen LogP contribution is 2.23. The third-order valence-electron chi connectivity index (χ3n) is 1.23. The van der Waals surface area contributed by atoms with Gasteiger partial charge in [-0.3, -0.25) is 0 Å². The number of fused-ring (bicyclic) bond motifs is 1. The molecular weight excluding hydrogens is 295 g/mol. The summed E-state index contributed by atoms with van der Waals surface area (Å²) in [5.74, 6) is 0. The predicted molar refractivity (Wildman–Crippen MR) is 55.1 cm³/mol. The molecule has 0 aliphatic rings. The summed E-state index contributed by atoms with van der Waals surface area (Å²) in [5, 5.41) is 0.533. The molecule has 2 rings (SSSR count). The Kier molecular flexibility index (Phi) is 1.98. The molecule has 2 aromatic heterocycles. The van der Waals surface area contributed by atoms with Crippen molar-refractivity contribution in [1.29, 1.82) is 0 Å². The van der Waals surface area contributed by atoms with Crippen LogP contribution in [0.2, 0.25) is 5.15 Å². The number of nitrogens with zero attached hydrogens (tertiary/aromatic N) is 2. The summed E-state index contributed by atoms with van der Waals surface area (Å²) in [4.78, 5) is 9.17. The van der Waals surface area contributed by atoms with Crippen LogP contribution in [0.15, 0.2) is 11.6 Å². The molecule has 0 fully saturated rings. The molecule has 0 unspecified atom stereocenters. The molecule has 0 bridgehead atoms. The summed E-state index contributed by atoms with van der Waals surface area (Å²) in [6.07, 6.45) is 0. The van der Waals surface area contributed by atoms with E-state index in [9.17, 15) is 0 Å². The normalized spacial score (nSPS) is 10.7. The quantitative estimate of drug-likeness (QED) is 0.552. The zero-order valence-corrected chi connectivity index (χ0v) is 8.94. The smallest absolute Gasteiger partial charge is 0.146 e. The number of hydrogen-bond acceptors (Lipinski definition) is 3. The molecule has 0 aromatic carbocycles. The fraction of sp³-hybridized carbons (Fsp3) is 0. The maximum atomic E-state index is 5.74. The minimum atomic E-state index is 0.533. The van der Waals surface area contributed by atoms with Gasteiger partial charge in [-0.1, -0.05) is 11.6 Å². The van der Waals surface area contributed by atoms with Crippen LogP contribution in [0.1, 0.15) is 0 Å². The van der Waals surface area contributed by atoms with E-state index in [4.69, 9.17) is 11.6 Å². The lowest BCUT2D eigenvalue weighted by atomic mass is 10.5. The van der Waals surface area contributed by atoms with Gasteiger partial charge in [-0.15, -0.1) is 11.3 Å². The number of halogens is 2. The van der Waals surface area contributed by atoms with E-state index in [-0.39, 0.29) is 0 Å². The third kappa shape index (κ3) is 1.34. The van der Waals surface area contributed by atoms with Crippen LogP contribution < -0.4 is 0 Å². The molecule has 56 valence electrons. The summed E-state index contributed by atoms with van der Waals surface area (Å²) < 4.78 is 1.05. The van der Waals surface area contributed by atoms with Gasteiger partial charge in [0.2, 0.25) is 0 Å². The second-order valence-electron chi connectivity index (χ2n) is 1.93. The summed E-state index contributed by atoms with van der Waals surface area (Å²) >= 11 is 9.45. The zero-order valence-electron chi connectivity index (χ0n) is 5.21. The maximum Gasteiger partial charge on any atom is 0.146 e. The molecule has 0 aliphatic heterocycles. The lowest BCUT2D eigenvalue weighted by Gasteiger charge is -1.91. The number of pyridine rings is 1. The Morgan fingerprint density at radius 2 is 2.36 bits per heavy atom. The molecule has 2 aromatic rings. The van der Waals surface area contributed by atoms with E-state index in [1.165, 1.54) is 11.3 Å². The fourth-order valence-electron chi connectivity index (χ4n) is 0.785. The standard InChI is InChI=1S/C6H2ClIN2S/c7-4-1-3(8)5-6(10-4)11-2-9-5/h1-2H. The SMILES string of the molecule is Clc1cc(I)c2ncsc2n1. The average Bonchev–Trinajstić information content (AvgIpc) is 2.34. The molecule has 0 amide bonds. The van der Waals surface area contributed by atoms with Gasteiger partial charge in [0.1, 0.15) is 15.5 Å². The number of hydrogen-bond donors (Lipinski definition) is 0. The van der Waals surface area contributed by atoms with Gasteiger partial charge in [-0.05, 0) is 28.7 Å².